The lowest BCUT2D eigenvalue weighted by molar-refractivity contribution is 0.899. The van der Waals surface area contributed by atoms with E-state index in [9.17, 15) is 0 Å². The first kappa shape index (κ1) is 9.85. The van der Waals surface area contributed by atoms with Crippen molar-refractivity contribution < 1.29 is 0 Å². The van der Waals surface area contributed by atoms with Crippen LogP contribution >= 0.6 is 11.3 Å². The third kappa shape index (κ3) is 1.95. The summed E-state index contributed by atoms with van der Waals surface area (Å²) < 4.78 is 0. The normalized spacial score (nSPS) is 13.8. The van der Waals surface area contributed by atoms with Crippen molar-refractivity contribution >= 4 is 17.2 Å². The van der Waals surface area contributed by atoms with Crippen molar-refractivity contribution in [2.75, 3.05) is 5.32 Å². The van der Waals surface area contributed by atoms with E-state index in [1.54, 1.807) is 11.3 Å². The molecule has 0 spiro atoms. The molecule has 16 heavy (non-hydrogen) atoms. The number of thiophene rings is 1. The molecule has 2 heterocycles. The van der Waals surface area contributed by atoms with Crippen LogP contribution in [0, 0.1) is 0 Å². The van der Waals surface area contributed by atoms with Gasteiger partial charge in [0.2, 0.25) is 0 Å². The summed E-state index contributed by atoms with van der Waals surface area (Å²) in [6, 6.07) is 8.53. The Morgan fingerprint density at radius 2 is 2.25 bits per heavy atom. The first-order valence-corrected chi connectivity index (χ1v) is 6.55. The van der Waals surface area contributed by atoms with Crippen LogP contribution in [0.15, 0.2) is 29.6 Å². The van der Waals surface area contributed by atoms with E-state index < -0.39 is 0 Å². The molecule has 2 aromatic rings. The highest BCUT2D eigenvalue weighted by Crippen LogP contribution is 2.22. The minimum Gasteiger partial charge on any atom is -0.365 e. The van der Waals surface area contributed by atoms with Gasteiger partial charge in [0, 0.05) is 10.6 Å². The Balaban J connectivity index is 1.71. The van der Waals surface area contributed by atoms with E-state index >= 15 is 0 Å². The molecular formula is C13H14N2S. The third-order valence-corrected chi connectivity index (χ3v) is 3.83. The summed E-state index contributed by atoms with van der Waals surface area (Å²) in [4.78, 5) is 6.00. The largest absolute Gasteiger partial charge is 0.365 e. The molecule has 0 unspecified atom stereocenters. The number of pyridine rings is 1. The van der Waals surface area contributed by atoms with Crippen molar-refractivity contribution in [3.63, 3.8) is 0 Å². The minimum absolute atomic E-state index is 0.878. The third-order valence-electron chi connectivity index (χ3n) is 2.95. The van der Waals surface area contributed by atoms with Gasteiger partial charge in [-0.25, -0.2) is 4.98 Å². The van der Waals surface area contributed by atoms with Gasteiger partial charge < -0.3 is 5.32 Å². The summed E-state index contributed by atoms with van der Waals surface area (Å²) in [5.74, 6) is 1.01. The van der Waals surface area contributed by atoms with Gasteiger partial charge in [-0.05, 0) is 42.3 Å². The summed E-state index contributed by atoms with van der Waals surface area (Å²) in [6.07, 6.45) is 3.61. The maximum atomic E-state index is 4.65. The Hall–Kier alpha value is -1.35. The average Bonchev–Trinajstić information content (AvgIpc) is 2.97. The van der Waals surface area contributed by atoms with E-state index in [1.165, 1.54) is 29.0 Å². The van der Waals surface area contributed by atoms with Gasteiger partial charge >= 0.3 is 0 Å². The highest BCUT2D eigenvalue weighted by atomic mass is 32.1. The second kappa shape index (κ2) is 4.26. The summed E-state index contributed by atoms with van der Waals surface area (Å²) in [5, 5.41) is 5.48. The fourth-order valence-electron chi connectivity index (χ4n) is 2.11. The lowest BCUT2D eigenvalue weighted by Crippen LogP contribution is -2.01. The molecule has 0 saturated carbocycles. The Morgan fingerprint density at radius 1 is 1.25 bits per heavy atom. The van der Waals surface area contributed by atoms with Crippen LogP contribution in [-0.4, -0.2) is 4.98 Å². The number of nitrogens with one attached hydrogen (secondary N) is 1. The molecule has 2 nitrogen and oxygen atoms in total. The zero-order valence-electron chi connectivity index (χ0n) is 9.07. The Kier molecular flexibility index (Phi) is 2.62. The van der Waals surface area contributed by atoms with Gasteiger partial charge in [0.05, 0.1) is 6.54 Å². The molecular weight excluding hydrogens is 216 g/mol. The smallest absolute Gasteiger partial charge is 0.126 e. The molecule has 1 aliphatic rings. The minimum atomic E-state index is 0.878. The summed E-state index contributed by atoms with van der Waals surface area (Å²) in [6.45, 7) is 0.878. The van der Waals surface area contributed by atoms with E-state index in [4.69, 9.17) is 0 Å². The van der Waals surface area contributed by atoms with Crippen molar-refractivity contribution in [3.8, 4) is 0 Å². The van der Waals surface area contributed by atoms with E-state index in [1.807, 2.05) is 0 Å². The van der Waals surface area contributed by atoms with Crippen LogP contribution in [-0.2, 0) is 19.4 Å². The van der Waals surface area contributed by atoms with Gasteiger partial charge in [-0.15, -0.1) is 11.3 Å². The summed E-state index contributed by atoms with van der Waals surface area (Å²) in [7, 11) is 0. The van der Waals surface area contributed by atoms with Crippen molar-refractivity contribution in [2.24, 2.45) is 0 Å². The zero-order chi connectivity index (χ0) is 10.8. The van der Waals surface area contributed by atoms with Crippen molar-refractivity contribution in [1.29, 1.82) is 0 Å². The number of aromatic nitrogens is 1. The van der Waals surface area contributed by atoms with Crippen LogP contribution in [0.25, 0.3) is 0 Å². The number of aryl methyl sites for hydroxylation is 2. The predicted molar refractivity (Wildman–Crippen MR) is 67.9 cm³/mol. The summed E-state index contributed by atoms with van der Waals surface area (Å²) in [5.41, 5.74) is 2.72. The van der Waals surface area contributed by atoms with Gasteiger partial charge in [0.15, 0.2) is 0 Å². The quantitative estimate of drug-likeness (QED) is 0.875. The van der Waals surface area contributed by atoms with Crippen LogP contribution in [0.5, 0.6) is 0 Å². The highest BCUT2D eigenvalue weighted by Gasteiger charge is 2.12. The molecule has 0 saturated heterocycles. The number of rotatable bonds is 3. The number of fused-ring (bicyclic) bond motifs is 1. The highest BCUT2D eigenvalue weighted by molar-refractivity contribution is 7.09. The molecule has 1 aliphatic carbocycles. The van der Waals surface area contributed by atoms with Gasteiger partial charge in [-0.2, -0.15) is 0 Å². The second-order valence-corrected chi connectivity index (χ2v) is 5.12. The maximum absolute atomic E-state index is 4.65. The van der Waals surface area contributed by atoms with E-state index in [-0.39, 0.29) is 0 Å². The molecule has 0 radical (unpaired) electrons. The van der Waals surface area contributed by atoms with Crippen LogP contribution in [0.3, 0.4) is 0 Å². The molecule has 2 aromatic heterocycles. The molecule has 3 rings (SSSR count). The monoisotopic (exact) mass is 230 g/mol. The second-order valence-electron chi connectivity index (χ2n) is 4.09. The summed E-state index contributed by atoms with van der Waals surface area (Å²) >= 11 is 1.78. The lowest BCUT2D eigenvalue weighted by Gasteiger charge is -2.06. The fraction of sp³-hybridized carbons (Fsp3) is 0.308. The van der Waals surface area contributed by atoms with Gasteiger partial charge in [0.25, 0.3) is 0 Å². The molecule has 0 bridgehead atoms. The van der Waals surface area contributed by atoms with Gasteiger partial charge in [0.1, 0.15) is 5.82 Å². The number of anilines is 1. The molecule has 0 atom stereocenters. The van der Waals surface area contributed by atoms with Crippen LogP contribution in [0.1, 0.15) is 22.6 Å². The van der Waals surface area contributed by atoms with Crippen LogP contribution in [0.4, 0.5) is 5.82 Å². The molecule has 0 fully saturated rings. The van der Waals surface area contributed by atoms with Gasteiger partial charge in [-0.3, -0.25) is 0 Å². The first-order chi connectivity index (χ1) is 7.92. The van der Waals surface area contributed by atoms with Crippen LogP contribution in [0.2, 0.25) is 0 Å². The number of hydrogen-bond donors (Lipinski definition) is 1. The first-order valence-electron chi connectivity index (χ1n) is 5.67. The topological polar surface area (TPSA) is 24.9 Å². The van der Waals surface area contributed by atoms with Gasteiger partial charge in [-0.1, -0.05) is 12.1 Å². The van der Waals surface area contributed by atoms with Crippen molar-refractivity contribution in [2.45, 2.75) is 25.8 Å². The van der Waals surface area contributed by atoms with Crippen LogP contribution < -0.4 is 5.32 Å². The molecule has 0 amide bonds. The Bertz CT molecular complexity index is 477. The van der Waals surface area contributed by atoms with E-state index in [0.717, 1.165) is 18.8 Å². The lowest BCUT2D eigenvalue weighted by atomic mass is 10.2. The molecule has 0 aromatic carbocycles. The number of hydrogen-bond acceptors (Lipinski definition) is 3. The van der Waals surface area contributed by atoms with Crippen molar-refractivity contribution in [1.82, 2.24) is 4.98 Å². The van der Waals surface area contributed by atoms with E-state index in [2.05, 4.69) is 39.9 Å². The predicted octanol–water partition coefficient (Wildman–Crippen LogP) is 3.24. The molecule has 3 heteroatoms. The fourth-order valence-corrected chi connectivity index (χ4v) is 2.75. The van der Waals surface area contributed by atoms with E-state index in [0.29, 0.717) is 0 Å². The Morgan fingerprint density at radius 3 is 3.12 bits per heavy atom. The standard InChI is InChI=1S/C13H14N2S/c1-3-10-6-7-13(15-12(10)5-1)14-9-11-4-2-8-16-11/h2,4,6-8H,1,3,5,9H2,(H,14,15). The molecule has 0 aliphatic heterocycles. The van der Waals surface area contributed by atoms with Crippen molar-refractivity contribution in [3.05, 3.63) is 45.8 Å². The number of nitrogens with zero attached hydrogens (tertiary/aromatic N) is 1. The SMILES string of the molecule is c1csc(CNc2ccc3c(n2)CCC3)c1. The molecule has 1 N–H and O–H groups in total. The zero-order valence-corrected chi connectivity index (χ0v) is 9.89. The average molecular weight is 230 g/mol. The maximum Gasteiger partial charge on any atom is 0.126 e. The molecule has 82 valence electrons. The Labute approximate surface area is 99.4 Å².